The molecule has 0 fully saturated rings. The van der Waals surface area contributed by atoms with Crippen LogP contribution in [0.1, 0.15) is 43.1 Å². The van der Waals surface area contributed by atoms with Crippen molar-refractivity contribution in [2.24, 2.45) is 5.92 Å². The molecule has 2 heteroatoms. The molecule has 0 spiro atoms. The van der Waals surface area contributed by atoms with Crippen molar-refractivity contribution in [3.8, 4) is 0 Å². The lowest BCUT2D eigenvalue weighted by Crippen LogP contribution is -2.12. The second kappa shape index (κ2) is 7.23. The largest absolute Gasteiger partial charge is 0.373 e. The van der Waals surface area contributed by atoms with Gasteiger partial charge in [0.1, 0.15) is 6.61 Å². The smallest absolute Gasteiger partial charge is 0.188 e. The molecule has 0 aliphatic rings. The minimum absolute atomic E-state index is 0.0636. The molecule has 0 aromatic heterocycles. The summed E-state index contributed by atoms with van der Waals surface area (Å²) in [6, 6.07) is 7.84. The van der Waals surface area contributed by atoms with E-state index >= 15 is 0 Å². The van der Waals surface area contributed by atoms with Crippen LogP contribution in [0.2, 0.25) is 0 Å². The van der Waals surface area contributed by atoms with Gasteiger partial charge in [-0.05, 0) is 17.9 Å². The number of hydrogen-bond donors (Lipinski definition) is 0. The summed E-state index contributed by atoms with van der Waals surface area (Å²) < 4.78 is 5.34. The molecule has 0 heterocycles. The van der Waals surface area contributed by atoms with E-state index in [1.807, 2.05) is 24.3 Å². The average Bonchev–Trinajstić information content (AvgIpc) is 2.30. The molecule has 94 valence electrons. The Bertz CT molecular complexity index is 338. The fourth-order valence-electron chi connectivity index (χ4n) is 1.62. The number of carbonyl (C=O) groups excluding carboxylic acids is 1. The van der Waals surface area contributed by atoms with Gasteiger partial charge >= 0.3 is 0 Å². The minimum Gasteiger partial charge on any atom is -0.373 e. The van der Waals surface area contributed by atoms with Gasteiger partial charge in [0.05, 0.1) is 0 Å². The molecule has 1 aromatic carbocycles. The van der Waals surface area contributed by atoms with Crippen LogP contribution in [0.15, 0.2) is 24.3 Å². The van der Waals surface area contributed by atoms with Gasteiger partial charge in [-0.1, -0.05) is 51.5 Å². The molecule has 0 aliphatic carbocycles. The minimum atomic E-state index is 0.0636. The first kappa shape index (κ1) is 13.9. The molecule has 2 nitrogen and oxygen atoms in total. The number of ether oxygens (including phenoxy) is 1. The molecule has 0 atom stereocenters. The van der Waals surface area contributed by atoms with E-state index in [1.54, 1.807) is 0 Å². The lowest BCUT2D eigenvalue weighted by atomic mass is 10.1. The number of rotatable bonds is 7. The first-order valence-corrected chi connectivity index (χ1v) is 6.33. The van der Waals surface area contributed by atoms with Crippen molar-refractivity contribution in [3.05, 3.63) is 35.4 Å². The SMILES string of the molecule is CCCc1ccc(C(=O)COCC(C)C)cc1. The third kappa shape index (κ3) is 5.14. The van der Waals surface area contributed by atoms with E-state index in [-0.39, 0.29) is 12.4 Å². The molecule has 17 heavy (non-hydrogen) atoms. The molecule has 1 rings (SSSR count). The highest BCUT2D eigenvalue weighted by atomic mass is 16.5. The maximum Gasteiger partial charge on any atom is 0.188 e. The first-order chi connectivity index (χ1) is 8.13. The molecule has 0 N–H and O–H groups in total. The van der Waals surface area contributed by atoms with Crippen LogP contribution in [0.3, 0.4) is 0 Å². The number of ketones is 1. The Morgan fingerprint density at radius 1 is 1.24 bits per heavy atom. The summed E-state index contributed by atoms with van der Waals surface area (Å²) in [6.45, 7) is 7.12. The topological polar surface area (TPSA) is 26.3 Å². The Balaban J connectivity index is 2.46. The standard InChI is InChI=1S/C15H22O2/c1-4-5-13-6-8-14(9-7-13)15(16)11-17-10-12(2)3/h6-9,12H,4-5,10-11H2,1-3H3. The number of aryl methyl sites for hydroxylation is 1. The van der Waals surface area contributed by atoms with Crippen LogP contribution in [0.4, 0.5) is 0 Å². The van der Waals surface area contributed by atoms with E-state index in [4.69, 9.17) is 4.74 Å². The van der Waals surface area contributed by atoms with Crippen molar-refractivity contribution in [1.29, 1.82) is 0 Å². The summed E-state index contributed by atoms with van der Waals surface area (Å²) in [5, 5.41) is 0. The highest BCUT2D eigenvalue weighted by molar-refractivity contribution is 5.97. The Morgan fingerprint density at radius 3 is 2.41 bits per heavy atom. The summed E-state index contributed by atoms with van der Waals surface area (Å²) in [4.78, 5) is 11.8. The molecule has 0 saturated heterocycles. The summed E-state index contributed by atoms with van der Waals surface area (Å²) in [5.41, 5.74) is 2.03. The van der Waals surface area contributed by atoms with Crippen LogP contribution in [-0.2, 0) is 11.2 Å². The number of carbonyl (C=O) groups is 1. The Kier molecular flexibility index (Phi) is 5.92. The van der Waals surface area contributed by atoms with Crippen molar-refractivity contribution >= 4 is 5.78 Å². The number of benzene rings is 1. The summed E-state index contributed by atoms with van der Waals surface area (Å²) >= 11 is 0. The third-order valence-corrected chi connectivity index (χ3v) is 2.50. The molecule has 0 amide bonds. The second-order valence-corrected chi connectivity index (χ2v) is 4.78. The average molecular weight is 234 g/mol. The predicted molar refractivity (Wildman–Crippen MR) is 70.4 cm³/mol. The molecule has 0 bridgehead atoms. The molecule has 0 saturated carbocycles. The van der Waals surface area contributed by atoms with Crippen LogP contribution in [0, 0.1) is 5.92 Å². The molecule has 0 radical (unpaired) electrons. The van der Waals surface area contributed by atoms with Crippen LogP contribution < -0.4 is 0 Å². The van der Waals surface area contributed by atoms with Crippen LogP contribution in [-0.4, -0.2) is 19.0 Å². The van der Waals surface area contributed by atoms with Gasteiger partial charge in [0.2, 0.25) is 0 Å². The number of Topliss-reactive ketones (excluding diaryl/α,β-unsaturated/α-hetero) is 1. The van der Waals surface area contributed by atoms with Gasteiger partial charge < -0.3 is 4.74 Å². The van der Waals surface area contributed by atoms with E-state index in [0.29, 0.717) is 12.5 Å². The Morgan fingerprint density at radius 2 is 1.88 bits per heavy atom. The zero-order valence-corrected chi connectivity index (χ0v) is 11.0. The van der Waals surface area contributed by atoms with Gasteiger partial charge in [-0.3, -0.25) is 4.79 Å². The summed E-state index contributed by atoms with van der Waals surface area (Å²) in [6.07, 6.45) is 2.20. The maximum absolute atomic E-state index is 11.8. The van der Waals surface area contributed by atoms with Gasteiger partial charge in [0.25, 0.3) is 0 Å². The van der Waals surface area contributed by atoms with Crippen molar-refractivity contribution in [2.45, 2.75) is 33.6 Å². The number of hydrogen-bond acceptors (Lipinski definition) is 2. The van der Waals surface area contributed by atoms with E-state index in [0.717, 1.165) is 18.4 Å². The lowest BCUT2D eigenvalue weighted by Gasteiger charge is -2.06. The molecular weight excluding hydrogens is 212 g/mol. The van der Waals surface area contributed by atoms with Crippen LogP contribution in [0.25, 0.3) is 0 Å². The quantitative estimate of drug-likeness (QED) is 0.675. The van der Waals surface area contributed by atoms with Crippen molar-refractivity contribution in [3.63, 3.8) is 0 Å². The molecule has 0 unspecified atom stereocenters. The molecule has 0 aliphatic heterocycles. The second-order valence-electron chi connectivity index (χ2n) is 4.78. The van der Waals surface area contributed by atoms with Gasteiger partial charge in [-0.25, -0.2) is 0 Å². The van der Waals surface area contributed by atoms with E-state index in [9.17, 15) is 4.79 Å². The highest BCUT2D eigenvalue weighted by Crippen LogP contribution is 2.07. The monoisotopic (exact) mass is 234 g/mol. The fourth-order valence-corrected chi connectivity index (χ4v) is 1.62. The molecule has 1 aromatic rings. The van der Waals surface area contributed by atoms with Gasteiger partial charge in [-0.2, -0.15) is 0 Å². The van der Waals surface area contributed by atoms with Crippen molar-refractivity contribution in [1.82, 2.24) is 0 Å². The zero-order chi connectivity index (χ0) is 12.7. The van der Waals surface area contributed by atoms with Gasteiger partial charge in [-0.15, -0.1) is 0 Å². The van der Waals surface area contributed by atoms with Crippen molar-refractivity contribution < 1.29 is 9.53 Å². The zero-order valence-electron chi connectivity index (χ0n) is 11.0. The van der Waals surface area contributed by atoms with Crippen LogP contribution >= 0.6 is 0 Å². The summed E-state index contributed by atoms with van der Waals surface area (Å²) in [5.74, 6) is 0.531. The van der Waals surface area contributed by atoms with E-state index in [1.165, 1.54) is 5.56 Å². The van der Waals surface area contributed by atoms with Crippen LogP contribution in [0.5, 0.6) is 0 Å². The molecular formula is C15H22O2. The van der Waals surface area contributed by atoms with Gasteiger partial charge in [0.15, 0.2) is 5.78 Å². The fraction of sp³-hybridized carbons (Fsp3) is 0.533. The Labute approximate surface area is 104 Å². The van der Waals surface area contributed by atoms with E-state index in [2.05, 4.69) is 20.8 Å². The normalized spacial score (nSPS) is 10.8. The lowest BCUT2D eigenvalue weighted by molar-refractivity contribution is 0.0705. The van der Waals surface area contributed by atoms with Crippen molar-refractivity contribution in [2.75, 3.05) is 13.2 Å². The third-order valence-electron chi connectivity index (χ3n) is 2.50. The summed E-state index contributed by atoms with van der Waals surface area (Å²) in [7, 11) is 0. The maximum atomic E-state index is 11.8. The first-order valence-electron chi connectivity index (χ1n) is 6.33. The highest BCUT2D eigenvalue weighted by Gasteiger charge is 2.06. The van der Waals surface area contributed by atoms with E-state index < -0.39 is 0 Å². The predicted octanol–water partition coefficient (Wildman–Crippen LogP) is 3.49. The Hall–Kier alpha value is -1.15. The van der Waals surface area contributed by atoms with Gasteiger partial charge in [0, 0.05) is 12.2 Å².